The number of rotatable bonds is 16. The van der Waals surface area contributed by atoms with Crippen LogP contribution in [0, 0.1) is 0 Å². The second-order valence-corrected chi connectivity index (χ2v) is 12.4. The van der Waals surface area contributed by atoms with Crippen LogP contribution in [0.4, 0.5) is 0 Å². The molecule has 0 aliphatic carbocycles. The van der Waals surface area contributed by atoms with Gasteiger partial charge in [0.25, 0.3) is 5.91 Å². The van der Waals surface area contributed by atoms with Crippen molar-refractivity contribution < 1.29 is 18.0 Å². The van der Waals surface area contributed by atoms with Crippen LogP contribution in [0.25, 0.3) is 10.9 Å². The fourth-order valence-electron chi connectivity index (χ4n) is 4.45. The molecule has 3 aromatic rings. The second kappa shape index (κ2) is 15.8. The van der Waals surface area contributed by atoms with Crippen LogP contribution in [0.5, 0.6) is 0 Å². The fourth-order valence-corrected chi connectivity index (χ4v) is 5.91. The first-order chi connectivity index (χ1) is 18.8. The number of carbonyl (C=O) groups is 2. The Kier molecular flexibility index (Phi) is 12.5. The van der Waals surface area contributed by atoms with Gasteiger partial charge in [-0.1, -0.05) is 92.4 Å². The molecule has 0 aliphatic heterocycles. The molecule has 1 unspecified atom stereocenters. The second-order valence-electron chi connectivity index (χ2n) is 9.81. The van der Waals surface area contributed by atoms with Crippen molar-refractivity contribution in [1.82, 2.24) is 20.6 Å². The molecule has 0 aliphatic rings. The molecule has 2 aromatic carbocycles. The first-order valence-electron chi connectivity index (χ1n) is 13.7. The average Bonchev–Trinajstić information content (AvgIpc) is 3.33. The summed E-state index contributed by atoms with van der Waals surface area (Å²) in [6, 6.07) is 12.6. The monoisotopic (exact) mass is 618 g/mol. The summed E-state index contributed by atoms with van der Waals surface area (Å²) < 4.78 is 29.4. The Hall–Kier alpha value is -2.69. The minimum Gasteiger partial charge on any atom is -0.361 e. The first kappa shape index (κ1) is 30.8. The summed E-state index contributed by atoms with van der Waals surface area (Å²) in [5, 5.41) is 0.896. The van der Waals surface area contributed by atoms with Crippen molar-refractivity contribution in [3.05, 3.63) is 64.8 Å². The third-order valence-electron chi connectivity index (χ3n) is 6.67. The minimum atomic E-state index is -4.00. The summed E-state index contributed by atoms with van der Waals surface area (Å²) in [5.74, 6) is -0.936. The molecule has 1 aromatic heterocycles. The molecule has 0 bridgehead atoms. The number of sulfonamides is 1. The van der Waals surface area contributed by atoms with Crippen LogP contribution >= 0.6 is 15.9 Å². The number of H-pyrrole nitrogens is 1. The predicted octanol–water partition coefficient (Wildman–Crippen LogP) is 5.89. The van der Waals surface area contributed by atoms with Gasteiger partial charge in [-0.15, -0.1) is 0 Å². The molecule has 212 valence electrons. The lowest BCUT2D eigenvalue weighted by Gasteiger charge is -2.19. The van der Waals surface area contributed by atoms with E-state index < -0.39 is 22.0 Å². The summed E-state index contributed by atoms with van der Waals surface area (Å²) in [6.07, 6.45) is 12.5. The molecule has 3 rings (SSSR count). The number of hydrogen-bond acceptors (Lipinski definition) is 4. The molecule has 8 nitrogen and oxygen atoms in total. The summed E-state index contributed by atoms with van der Waals surface area (Å²) in [4.78, 5) is 28.6. The van der Waals surface area contributed by atoms with Gasteiger partial charge in [0.05, 0.1) is 4.90 Å². The molecule has 39 heavy (non-hydrogen) atoms. The van der Waals surface area contributed by atoms with Crippen molar-refractivity contribution in [2.45, 2.75) is 88.5 Å². The van der Waals surface area contributed by atoms with Crippen molar-refractivity contribution >= 4 is 48.7 Å². The SMILES string of the molecule is CCCCCCCCCCCC(=O)NNC(=O)C(Cc1c[nH]c2ccccc12)NS(=O)(=O)c1ccc(Br)cc1. The Morgan fingerprint density at radius 3 is 2.21 bits per heavy atom. The molecule has 1 atom stereocenters. The van der Waals surface area contributed by atoms with E-state index >= 15 is 0 Å². The van der Waals surface area contributed by atoms with E-state index in [1.165, 1.54) is 50.7 Å². The summed E-state index contributed by atoms with van der Waals surface area (Å²) >= 11 is 3.30. The number of hydrogen-bond donors (Lipinski definition) is 4. The Bertz CT molecular complexity index is 1310. The maximum absolute atomic E-state index is 13.1. The van der Waals surface area contributed by atoms with Crippen molar-refractivity contribution in [2.75, 3.05) is 0 Å². The fraction of sp³-hybridized carbons (Fsp3) is 0.448. The molecule has 1 heterocycles. The smallest absolute Gasteiger partial charge is 0.256 e. The van der Waals surface area contributed by atoms with Gasteiger partial charge in [-0.2, -0.15) is 4.72 Å². The van der Waals surface area contributed by atoms with Gasteiger partial charge in [0, 0.05) is 28.0 Å². The molecule has 10 heteroatoms. The lowest BCUT2D eigenvalue weighted by molar-refractivity contribution is -0.129. The summed E-state index contributed by atoms with van der Waals surface area (Å²) in [7, 11) is -4.00. The van der Waals surface area contributed by atoms with Crippen LogP contribution in [-0.2, 0) is 26.0 Å². The number of amides is 2. The maximum atomic E-state index is 13.1. The number of halogens is 1. The first-order valence-corrected chi connectivity index (χ1v) is 16.0. The van der Waals surface area contributed by atoms with Gasteiger partial charge < -0.3 is 4.98 Å². The van der Waals surface area contributed by atoms with E-state index in [1.807, 2.05) is 24.3 Å². The number of carbonyl (C=O) groups excluding carboxylic acids is 2. The lowest BCUT2D eigenvalue weighted by Crippen LogP contribution is -2.53. The zero-order valence-corrected chi connectivity index (χ0v) is 24.9. The quantitative estimate of drug-likeness (QED) is 0.118. The number of fused-ring (bicyclic) bond motifs is 1. The van der Waals surface area contributed by atoms with Gasteiger partial charge in [-0.3, -0.25) is 20.4 Å². The van der Waals surface area contributed by atoms with Crippen LogP contribution in [0.1, 0.15) is 76.7 Å². The van der Waals surface area contributed by atoms with Crippen LogP contribution < -0.4 is 15.6 Å². The molecule has 0 fully saturated rings. The number of para-hydroxylation sites is 1. The zero-order valence-electron chi connectivity index (χ0n) is 22.5. The number of aromatic nitrogens is 1. The van der Waals surface area contributed by atoms with Gasteiger partial charge >= 0.3 is 0 Å². The Morgan fingerprint density at radius 1 is 0.872 bits per heavy atom. The maximum Gasteiger partial charge on any atom is 0.256 e. The molecule has 4 N–H and O–H groups in total. The Balaban J connectivity index is 1.56. The number of hydrazine groups is 1. The topological polar surface area (TPSA) is 120 Å². The van der Waals surface area contributed by atoms with Crippen molar-refractivity contribution in [2.24, 2.45) is 0 Å². The van der Waals surface area contributed by atoms with Crippen molar-refractivity contribution in [3.8, 4) is 0 Å². The number of unbranched alkanes of at least 4 members (excludes halogenated alkanes) is 8. The normalized spacial score (nSPS) is 12.4. The van der Waals surface area contributed by atoms with E-state index in [2.05, 4.69) is 43.4 Å². The number of benzene rings is 2. The number of nitrogens with one attached hydrogen (secondary N) is 4. The third-order valence-corrected chi connectivity index (χ3v) is 8.69. The molecule has 2 amide bonds. The highest BCUT2D eigenvalue weighted by molar-refractivity contribution is 9.10. The average molecular weight is 620 g/mol. The molecule has 0 radical (unpaired) electrons. The summed E-state index contributed by atoms with van der Waals surface area (Å²) in [5.41, 5.74) is 6.54. The highest BCUT2D eigenvalue weighted by Gasteiger charge is 2.27. The standard InChI is InChI=1S/C29H39BrN4O4S/c1-2-3-4-5-6-7-8-9-10-15-28(35)32-33-29(36)27(20-22-21-31-26-14-12-11-13-25(22)26)34-39(37,38)24-18-16-23(30)17-19-24/h11-14,16-19,21,27,31,34H,2-10,15,20H2,1H3,(H,32,35)(H,33,36). The van der Waals surface area contributed by atoms with E-state index in [0.29, 0.717) is 6.42 Å². The highest BCUT2D eigenvalue weighted by Crippen LogP contribution is 2.21. The summed E-state index contributed by atoms with van der Waals surface area (Å²) in [6.45, 7) is 2.21. The van der Waals surface area contributed by atoms with Gasteiger partial charge in [0.1, 0.15) is 6.04 Å². The van der Waals surface area contributed by atoms with Gasteiger partial charge in [0.15, 0.2) is 0 Å². The van der Waals surface area contributed by atoms with Gasteiger partial charge in [0.2, 0.25) is 15.9 Å². The van der Waals surface area contributed by atoms with E-state index in [4.69, 9.17) is 0 Å². The van der Waals surface area contributed by atoms with E-state index in [-0.39, 0.29) is 17.2 Å². The third kappa shape index (κ3) is 10.1. The predicted molar refractivity (Wildman–Crippen MR) is 158 cm³/mol. The minimum absolute atomic E-state index is 0.0387. The Morgan fingerprint density at radius 2 is 1.51 bits per heavy atom. The van der Waals surface area contributed by atoms with Crippen molar-refractivity contribution in [3.63, 3.8) is 0 Å². The zero-order chi connectivity index (χ0) is 28.1. The largest absolute Gasteiger partial charge is 0.361 e. The van der Waals surface area contributed by atoms with Gasteiger partial charge in [-0.05, 0) is 48.7 Å². The lowest BCUT2D eigenvalue weighted by atomic mass is 10.1. The molecular weight excluding hydrogens is 580 g/mol. The van der Waals surface area contributed by atoms with Crippen LogP contribution in [-0.4, -0.2) is 31.3 Å². The Labute approximate surface area is 239 Å². The molecular formula is C29H39BrN4O4S. The van der Waals surface area contributed by atoms with E-state index in [1.54, 1.807) is 18.3 Å². The van der Waals surface area contributed by atoms with E-state index in [0.717, 1.165) is 40.2 Å². The molecule has 0 spiro atoms. The van der Waals surface area contributed by atoms with Gasteiger partial charge in [-0.25, -0.2) is 8.42 Å². The molecule has 0 saturated heterocycles. The van der Waals surface area contributed by atoms with Crippen LogP contribution in [0.3, 0.4) is 0 Å². The van der Waals surface area contributed by atoms with Crippen LogP contribution in [0.2, 0.25) is 0 Å². The van der Waals surface area contributed by atoms with Crippen LogP contribution in [0.15, 0.2) is 64.1 Å². The van der Waals surface area contributed by atoms with Crippen molar-refractivity contribution in [1.29, 1.82) is 0 Å². The molecule has 0 saturated carbocycles. The highest BCUT2D eigenvalue weighted by atomic mass is 79.9. The van der Waals surface area contributed by atoms with E-state index in [9.17, 15) is 18.0 Å². The number of aromatic amines is 1.